The number of anilines is 1. The van der Waals surface area contributed by atoms with Crippen molar-refractivity contribution in [2.75, 3.05) is 17.3 Å². The highest BCUT2D eigenvalue weighted by molar-refractivity contribution is 7.94. The minimum absolute atomic E-state index is 0.152. The Hall–Kier alpha value is -2.02. The molecule has 0 unspecified atom stereocenters. The number of rotatable bonds is 5. The van der Waals surface area contributed by atoms with Crippen molar-refractivity contribution in [3.63, 3.8) is 0 Å². The van der Waals surface area contributed by atoms with Gasteiger partial charge in [0.1, 0.15) is 5.75 Å². The van der Waals surface area contributed by atoms with Crippen LogP contribution >= 0.6 is 23.2 Å². The van der Waals surface area contributed by atoms with Gasteiger partial charge in [0.15, 0.2) is 16.4 Å². The van der Waals surface area contributed by atoms with E-state index in [1.165, 1.54) is 17.0 Å². The normalized spacial score (nSPS) is 17.8. The lowest BCUT2D eigenvalue weighted by atomic mass is 10.2. The summed E-state index contributed by atoms with van der Waals surface area (Å²) in [6, 6.07) is 13.0. The highest BCUT2D eigenvalue weighted by atomic mass is 35.5. The molecule has 1 amide bonds. The molecule has 0 saturated carbocycles. The summed E-state index contributed by atoms with van der Waals surface area (Å²) in [5.41, 5.74) is 0.599. The predicted molar refractivity (Wildman–Crippen MR) is 103 cm³/mol. The van der Waals surface area contributed by atoms with E-state index in [1.54, 1.807) is 36.4 Å². The van der Waals surface area contributed by atoms with E-state index >= 15 is 0 Å². The van der Waals surface area contributed by atoms with Crippen LogP contribution in [0.3, 0.4) is 0 Å². The number of sulfone groups is 1. The lowest BCUT2D eigenvalue weighted by molar-refractivity contribution is -0.120. The molecule has 5 nitrogen and oxygen atoms in total. The molecule has 136 valence electrons. The van der Waals surface area contributed by atoms with E-state index < -0.39 is 15.9 Å². The standard InChI is InChI=1S/C18H15Cl2NO4S/c19-16-7-6-15(10-17(16)20)25-11-18(22)21(13-4-2-1-3-5-13)14-8-9-26(23,24)12-14/h1-10,14H,11-12H2/t14-/m0/s1. The van der Waals surface area contributed by atoms with E-state index in [0.717, 1.165) is 5.41 Å². The minimum atomic E-state index is -3.31. The van der Waals surface area contributed by atoms with Crippen LogP contribution in [0.25, 0.3) is 0 Å². The van der Waals surface area contributed by atoms with Gasteiger partial charge in [-0.2, -0.15) is 0 Å². The Morgan fingerprint density at radius 3 is 2.46 bits per heavy atom. The van der Waals surface area contributed by atoms with Gasteiger partial charge in [0.2, 0.25) is 0 Å². The Morgan fingerprint density at radius 2 is 1.85 bits per heavy atom. The van der Waals surface area contributed by atoms with Crippen molar-refractivity contribution in [1.29, 1.82) is 0 Å². The Labute approximate surface area is 161 Å². The van der Waals surface area contributed by atoms with Crippen LogP contribution in [-0.2, 0) is 14.6 Å². The summed E-state index contributed by atoms with van der Waals surface area (Å²) in [6.45, 7) is -0.267. The van der Waals surface area contributed by atoms with Crippen LogP contribution in [0, 0.1) is 0 Å². The van der Waals surface area contributed by atoms with Crippen molar-refractivity contribution < 1.29 is 17.9 Å². The zero-order valence-corrected chi connectivity index (χ0v) is 15.8. The lowest BCUT2D eigenvalue weighted by Gasteiger charge is -2.27. The quantitative estimate of drug-likeness (QED) is 0.751. The van der Waals surface area contributed by atoms with Gasteiger partial charge in [0.05, 0.1) is 21.8 Å². The molecule has 0 aromatic heterocycles. The average molecular weight is 412 g/mol. The van der Waals surface area contributed by atoms with E-state index in [-0.39, 0.29) is 18.3 Å². The van der Waals surface area contributed by atoms with E-state index in [1.807, 2.05) is 6.07 Å². The summed E-state index contributed by atoms with van der Waals surface area (Å²) < 4.78 is 29.0. The molecule has 0 bridgehead atoms. The number of amides is 1. The van der Waals surface area contributed by atoms with Gasteiger partial charge in [-0.05, 0) is 30.3 Å². The van der Waals surface area contributed by atoms with E-state index in [2.05, 4.69) is 0 Å². The zero-order valence-electron chi connectivity index (χ0n) is 13.5. The lowest BCUT2D eigenvalue weighted by Crippen LogP contribution is -2.43. The number of benzene rings is 2. The molecule has 0 N–H and O–H groups in total. The van der Waals surface area contributed by atoms with Crippen LogP contribution in [0.2, 0.25) is 10.0 Å². The molecule has 1 atom stereocenters. The molecule has 0 saturated heterocycles. The third-order valence-electron chi connectivity index (χ3n) is 3.80. The number of halogens is 2. The summed E-state index contributed by atoms with van der Waals surface area (Å²) in [6.07, 6.45) is 1.51. The summed E-state index contributed by atoms with van der Waals surface area (Å²) in [5.74, 6) is -0.121. The van der Waals surface area contributed by atoms with Crippen molar-refractivity contribution in [2.24, 2.45) is 0 Å². The van der Waals surface area contributed by atoms with Crippen molar-refractivity contribution in [3.05, 3.63) is 70.1 Å². The first-order chi connectivity index (χ1) is 12.4. The Morgan fingerprint density at radius 1 is 1.12 bits per heavy atom. The maximum atomic E-state index is 12.8. The molecular weight excluding hydrogens is 397 g/mol. The third-order valence-corrected chi connectivity index (χ3v) is 5.92. The second-order valence-corrected chi connectivity index (χ2v) is 8.43. The van der Waals surface area contributed by atoms with Gasteiger partial charge in [-0.1, -0.05) is 41.4 Å². The largest absolute Gasteiger partial charge is 0.484 e. The van der Waals surface area contributed by atoms with E-state index in [9.17, 15) is 13.2 Å². The number of carbonyl (C=O) groups excluding carboxylic acids is 1. The maximum Gasteiger partial charge on any atom is 0.265 e. The third kappa shape index (κ3) is 4.38. The molecular formula is C18H15Cl2NO4S. The molecule has 26 heavy (non-hydrogen) atoms. The van der Waals surface area contributed by atoms with Gasteiger partial charge in [0, 0.05) is 17.2 Å². The fourth-order valence-corrected chi connectivity index (χ4v) is 4.17. The molecule has 1 aliphatic heterocycles. The number of hydrogen-bond acceptors (Lipinski definition) is 4. The first-order valence-electron chi connectivity index (χ1n) is 7.72. The Kier molecular flexibility index (Phi) is 5.55. The molecule has 0 radical (unpaired) electrons. The second-order valence-electron chi connectivity index (χ2n) is 5.69. The van der Waals surface area contributed by atoms with Crippen LogP contribution in [0.4, 0.5) is 5.69 Å². The van der Waals surface area contributed by atoms with Gasteiger partial charge in [-0.3, -0.25) is 4.79 Å². The predicted octanol–water partition coefficient (Wildman–Crippen LogP) is 3.72. The van der Waals surface area contributed by atoms with Crippen LogP contribution in [0.1, 0.15) is 0 Å². The number of hydrogen-bond donors (Lipinski definition) is 0. The van der Waals surface area contributed by atoms with Crippen LogP contribution in [0.15, 0.2) is 60.0 Å². The average Bonchev–Trinajstić information content (AvgIpc) is 2.96. The molecule has 0 aliphatic carbocycles. The van der Waals surface area contributed by atoms with Gasteiger partial charge < -0.3 is 9.64 Å². The molecule has 1 aliphatic rings. The molecule has 0 fully saturated rings. The van der Waals surface area contributed by atoms with Crippen molar-refractivity contribution in [3.8, 4) is 5.75 Å². The Bertz CT molecular complexity index is 945. The second kappa shape index (κ2) is 7.70. The van der Waals surface area contributed by atoms with Crippen LogP contribution in [-0.4, -0.2) is 32.7 Å². The number of nitrogens with zero attached hydrogens (tertiary/aromatic N) is 1. The van der Waals surface area contributed by atoms with Gasteiger partial charge in [0.25, 0.3) is 5.91 Å². The molecule has 3 rings (SSSR count). The molecule has 8 heteroatoms. The molecule has 0 spiro atoms. The van der Waals surface area contributed by atoms with Gasteiger partial charge in [-0.25, -0.2) is 8.42 Å². The summed E-state index contributed by atoms with van der Waals surface area (Å²) in [4.78, 5) is 14.2. The van der Waals surface area contributed by atoms with E-state index in [0.29, 0.717) is 21.5 Å². The fourth-order valence-electron chi connectivity index (χ4n) is 2.61. The van der Waals surface area contributed by atoms with Crippen molar-refractivity contribution in [2.45, 2.75) is 6.04 Å². The SMILES string of the molecule is O=C(COc1ccc(Cl)c(Cl)c1)N(c1ccccc1)[C@H]1C=CS(=O)(=O)C1. The number of ether oxygens (including phenoxy) is 1. The van der Waals surface area contributed by atoms with Crippen LogP contribution in [0.5, 0.6) is 5.75 Å². The first-order valence-corrected chi connectivity index (χ1v) is 10.2. The number of carbonyl (C=O) groups is 1. The summed E-state index contributed by atoms with van der Waals surface area (Å²) in [5, 5.41) is 1.85. The fraction of sp³-hybridized carbons (Fsp3) is 0.167. The highest BCUT2D eigenvalue weighted by Crippen LogP contribution is 2.27. The maximum absolute atomic E-state index is 12.8. The minimum Gasteiger partial charge on any atom is -0.484 e. The van der Waals surface area contributed by atoms with Gasteiger partial charge >= 0.3 is 0 Å². The highest BCUT2D eigenvalue weighted by Gasteiger charge is 2.31. The molecule has 2 aromatic carbocycles. The molecule has 2 aromatic rings. The number of para-hydroxylation sites is 1. The van der Waals surface area contributed by atoms with Crippen molar-refractivity contribution >= 4 is 44.6 Å². The molecule has 1 heterocycles. The summed E-state index contributed by atoms with van der Waals surface area (Å²) in [7, 11) is -3.31. The topological polar surface area (TPSA) is 63.7 Å². The summed E-state index contributed by atoms with van der Waals surface area (Å²) >= 11 is 11.8. The smallest absolute Gasteiger partial charge is 0.265 e. The van der Waals surface area contributed by atoms with Crippen molar-refractivity contribution in [1.82, 2.24) is 0 Å². The van der Waals surface area contributed by atoms with Gasteiger partial charge in [-0.15, -0.1) is 0 Å². The Balaban J connectivity index is 1.79. The van der Waals surface area contributed by atoms with Crippen LogP contribution < -0.4 is 9.64 Å². The first kappa shape index (κ1) is 18.8. The monoisotopic (exact) mass is 411 g/mol. The van der Waals surface area contributed by atoms with E-state index in [4.69, 9.17) is 27.9 Å². The zero-order chi connectivity index (χ0) is 18.7.